The van der Waals surface area contributed by atoms with Gasteiger partial charge in [0.15, 0.2) is 0 Å². The molecule has 1 aromatic rings. The molecule has 4 heteroatoms. The van der Waals surface area contributed by atoms with Crippen LogP contribution in [0.15, 0.2) is 6.20 Å². The molecule has 1 aromatic heterocycles. The monoisotopic (exact) mass is 195 g/mol. The minimum atomic E-state index is 0.0752. The van der Waals surface area contributed by atoms with Crippen molar-refractivity contribution >= 4 is 0 Å². The lowest BCUT2D eigenvalue weighted by molar-refractivity contribution is 0.181. The summed E-state index contributed by atoms with van der Waals surface area (Å²) in [6.45, 7) is 3.64. The van der Waals surface area contributed by atoms with Crippen molar-refractivity contribution in [2.45, 2.75) is 19.4 Å². The van der Waals surface area contributed by atoms with Gasteiger partial charge in [-0.2, -0.15) is 5.10 Å². The van der Waals surface area contributed by atoms with Gasteiger partial charge in [-0.15, -0.1) is 0 Å². The fourth-order valence-electron chi connectivity index (χ4n) is 2.04. The van der Waals surface area contributed by atoms with Gasteiger partial charge in [-0.25, -0.2) is 0 Å². The Labute approximate surface area is 84.0 Å². The quantitative estimate of drug-likeness (QED) is 0.758. The molecular formula is C10H17N3O. The maximum Gasteiger partial charge on any atom is 0.0641 e. The van der Waals surface area contributed by atoms with E-state index in [1.165, 1.54) is 0 Å². The van der Waals surface area contributed by atoms with Crippen molar-refractivity contribution in [3.63, 3.8) is 0 Å². The van der Waals surface area contributed by atoms with Crippen LogP contribution in [0.3, 0.4) is 0 Å². The number of hydrogen-bond acceptors (Lipinski definition) is 3. The van der Waals surface area contributed by atoms with Crippen LogP contribution in [0.25, 0.3) is 0 Å². The van der Waals surface area contributed by atoms with Crippen molar-refractivity contribution in [3.05, 3.63) is 17.5 Å². The lowest BCUT2D eigenvalue weighted by atomic mass is 9.94. The summed E-state index contributed by atoms with van der Waals surface area (Å²) in [5, 5.41) is 4.30. The van der Waals surface area contributed by atoms with E-state index in [4.69, 9.17) is 10.5 Å². The van der Waals surface area contributed by atoms with Crippen LogP contribution in [0.5, 0.6) is 0 Å². The van der Waals surface area contributed by atoms with Crippen LogP contribution in [0, 0.1) is 12.8 Å². The number of aryl methyl sites for hydroxylation is 2. The average Bonchev–Trinajstić information content (AvgIpc) is 2.73. The van der Waals surface area contributed by atoms with Gasteiger partial charge in [-0.1, -0.05) is 0 Å². The molecule has 0 radical (unpaired) electrons. The topological polar surface area (TPSA) is 53.1 Å². The van der Waals surface area contributed by atoms with Crippen LogP contribution in [-0.2, 0) is 11.8 Å². The van der Waals surface area contributed by atoms with Crippen molar-refractivity contribution < 1.29 is 4.74 Å². The van der Waals surface area contributed by atoms with E-state index in [2.05, 4.69) is 5.10 Å². The van der Waals surface area contributed by atoms with E-state index in [0.717, 1.165) is 30.9 Å². The van der Waals surface area contributed by atoms with Crippen LogP contribution in [-0.4, -0.2) is 23.0 Å². The van der Waals surface area contributed by atoms with Crippen LogP contribution in [0.4, 0.5) is 0 Å². The summed E-state index contributed by atoms with van der Waals surface area (Å²) in [7, 11) is 1.92. The second-order valence-corrected chi connectivity index (χ2v) is 3.99. The molecule has 0 bridgehead atoms. The Hall–Kier alpha value is -0.870. The maximum absolute atomic E-state index is 6.18. The summed E-state index contributed by atoms with van der Waals surface area (Å²) < 4.78 is 7.16. The van der Waals surface area contributed by atoms with Crippen molar-refractivity contribution in [1.29, 1.82) is 0 Å². The van der Waals surface area contributed by atoms with Gasteiger partial charge in [0, 0.05) is 37.4 Å². The molecule has 0 saturated carbocycles. The second kappa shape index (κ2) is 3.71. The molecule has 1 saturated heterocycles. The van der Waals surface area contributed by atoms with Crippen molar-refractivity contribution in [2.75, 3.05) is 13.2 Å². The van der Waals surface area contributed by atoms with Crippen molar-refractivity contribution in [2.24, 2.45) is 18.7 Å². The fraction of sp³-hybridized carbons (Fsp3) is 0.700. The van der Waals surface area contributed by atoms with Gasteiger partial charge in [0.2, 0.25) is 0 Å². The first-order chi connectivity index (χ1) is 6.68. The van der Waals surface area contributed by atoms with Gasteiger partial charge in [0.25, 0.3) is 0 Å². The zero-order chi connectivity index (χ0) is 10.1. The standard InChI is InChI=1S/C10H17N3O/c1-7-9(5-13(2)12-7)10(11)8-3-4-14-6-8/h5,8,10H,3-4,6,11H2,1-2H3. The Morgan fingerprint density at radius 1 is 1.71 bits per heavy atom. The third-order valence-corrected chi connectivity index (χ3v) is 2.88. The SMILES string of the molecule is Cc1nn(C)cc1C(N)C1CCOC1. The Balaban J connectivity index is 2.17. The predicted molar refractivity (Wildman–Crippen MR) is 53.8 cm³/mol. The Bertz CT molecular complexity index is 315. The van der Waals surface area contributed by atoms with E-state index < -0.39 is 0 Å². The highest BCUT2D eigenvalue weighted by atomic mass is 16.5. The molecule has 1 aliphatic rings. The van der Waals surface area contributed by atoms with E-state index in [0.29, 0.717) is 5.92 Å². The van der Waals surface area contributed by atoms with E-state index in [-0.39, 0.29) is 6.04 Å². The van der Waals surface area contributed by atoms with E-state index >= 15 is 0 Å². The number of hydrogen-bond donors (Lipinski definition) is 1. The first kappa shape index (κ1) is 9.68. The second-order valence-electron chi connectivity index (χ2n) is 3.99. The number of nitrogens with two attached hydrogens (primary N) is 1. The number of aromatic nitrogens is 2. The first-order valence-electron chi connectivity index (χ1n) is 5.02. The van der Waals surface area contributed by atoms with Gasteiger partial charge < -0.3 is 10.5 Å². The third kappa shape index (κ3) is 1.67. The van der Waals surface area contributed by atoms with Crippen LogP contribution < -0.4 is 5.73 Å². The largest absolute Gasteiger partial charge is 0.381 e. The Morgan fingerprint density at radius 2 is 2.50 bits per heavy atom. The Morgan fingerprint density at radius 3 is 3.00 bits per heavy atom. The summed E-state index contributed by atoms with van der Waals surface area (Å²) in [6.07, 6.45) is 3.08. The normalized spacial score (nSPS) is 24.1. The lowest BCUT2D eigenvalue weighted by Crippen LogP contribution is -2.21. The highest BCUT2D eigenvalue weighted by molar-refractivity contribution is 5.20. The fourth-order valence-corrected chi connectivity index (χ4v) is 2.04. The van der Waals surface area contributed by atoms with E-state index in [1.807, 2.05) is 24.9 Å². The van der Waals surface area contributed by atoms with Crippen molar-refractivity contribution in [3.8, 4) is 0 Å². The number of nitrogens with zero attached hydrogens (tertiary/aromatic N) is 2. The molecule has 0 aliphatic carbocycles. The molecule has 2 unspecified atom stereocenters. The van der Waals surface area contributed by atoms with Gasteiger partial charge in [0.05, 0.1) is 12.3 Å². The number of ether oxygens (including phenoxy) is 1. The zero-order valence-corrected chi connectivity index (χ0v) is 8.73. The molecule has 0 aromatic carbocycles. The molecule has 0 amide bonds. The molecule has 2 atom stereocenters. The zero-order valence-electron chi connectivity index (χ0n) is 8.73. The highest BCUT2D eigenvalue weighted by Crippen LogP contribution is 2.27. The van der Waals surface area contributed by atoms with E-state index in [1.54, 1.807) is 0 Å². The summed E-state index contributed by atoms with van der Waals surface area (Å²) in [4.78, 5) is 0. The summed E-state index contributed by atoms with van der Waals surface area (Å²) in [5.74, 6) is 0.456. The highest BCUT2D eigenvalue weighted by Gasteiger charge is 2.26. The van der Waals surface area contributed by atoms with Crippen LogP contribution in [0.2, 0.25) is 0 Å². The molecular weight excluding hydrogens is 178 g/mol. The predicted octanol–water partition coefficient (Wildman–Crippen LogP) is 0.765. The average molecular weight is 195 g/mol. The van der Waals surface area contributed by atoms with Gasteiger partial charge in [-0.3, -0.25) is 4.68 Å². The molecule has 14 heavy (non-hydrogen) atoms. The first-order valence-corrected chi connectivity index (χ1v) is 5.02. The van der Waals surface area contributed by atoms with Gasteiger partial charge in [0.1, 0.15) is 0 Å². The van der Waals surface area contributed by atoms with Crippen LogP contribution in [0.1, 0.15) is 23.7 Å². The molecule has 1 aliphatic heterocycles. The minimum Gasteiger partial charge on any atom is -0.381 e. The molecule has 2 heterocycles. The molecule has 2 rings (SSSR count). The Kier molecular flexibility index (Phi) is 2.56. The third-order valence-electron chi connectivity index (χ3n) is 2.88. The molecule has 2 N–H and O–H groups in total. The van der Waals surface area contributed by atoms with Crippen molar-refractivity contribution in [1.82, 2.24) is 9.78 Å². The van der Waals surface area contributed by atoms with Crippen LogP contribution >= 0.6 is 0 Å². The van der Waals surface area contributed by atoms with Gasteiger partial charge >= 0.3 is 0 Å². The summed E-state index contributed by atoms with van der Waals surface area (Å²) in [5.41, 5.74) is 8.37. The maximum atomic E-state index is 6.18. The summed E-state index contributed by atoms with van der Waals surface area (Å²) >= 11 is 0. The molecule has 4 nitrogen and oxygen atoms in total. The smallest absolute Gasteiger partial charge is 0.0641 e. The van der Waals surface area contributed by atoms with Gasteiger partial charge in [-0.05, 0) is 13.3 Å². The molecule has 78 valence electrons. The lowest BCUT2D eigenvalue weighted by Gasteiger charge is -2.16. The molecule has 0 spiro atoms. The summed E-state index contributed by atoms with van der Waals surface area (Å²) in [6, 6.07) is 0.0752. The van der Waals surface area contributed by atoms with E-state index in [9.17, 15) is 0 Å². The number of rotatable bonds is 2. The minimum absolute atomic E-state index is 0.0752. The molecule has 1 fully saturated rings.